The first-order valence-corrected chi connectivity index (χ1v) is 7.56. The summed E-state index contributed by atoms with van der Waals surface area (Å²) in [4.78, 5) is 20.3. The van der Waals surface area contributed by atoms with Gasteiger partial charge in [-0.25, -0.2) is 4.98 Å². The fraction of sp³-hybridized carbons (Fsp3) is 0.692. The predicted octanol–water partition coefficient (Wildman–Crippen LogP) is 0.567. The van der Waals surface area contributed by atoms with Crippen molar-refractivity contribution in [3.05, 3.63) is 16.1 Å². The maximum absolute atomic E-state index is 11.6. The molecular weight excluding hydrogens is 260 g/mol. The maximum atomic E-state index is 11.6. The summed E-state index contributed by atoms with van der Waals surface area (Å²) in [6.45, 7) is 6.25. The van der Waals surface area contributed by atoms with Crippen molar-refractivity contribution in [2.24, 2.45) is 0 Å². The molecule has 1 fully saturated rings. The van der Waals surface area contributed by atoms with Crippen LogP contribution in [0.5, 0.6) is 0 Å². The summed E-state index contributed by atoms with van der Waals surface area (Å²) in [6, 6.07) is 0.638. The average molecular weight is 282 g/mol. The lowest BCUT2D eigenvalue weighted by atomic mass is 10.1. The Balaban J connectivity index is 1.90. The van der Waals surface area contributed by atoms with Crippen molar-refractivity contribution >= 4 is 17.2 Å². The molecule has 0 saturated carbocycles. The first-order valence-electron chi connectivity index (χ1n) is 6.68. The molecule has 19 heavy (non-hydrogen) atoms. The Morgan fingerprint density at radius 2 is 2.26 bits per heavy atom. The Labute approximate surface area is 118 Å². The summed E-state index contributed by atoms with van der Waals surface area (Å²) in [7, 11) is 3.55. The molecule has 0 unspecified atom stereocenters. The number of rotatable bonds is 6. The molecule has 106 valence electrons. The van der Waals surface area contributed by atoms with Crippen LogP contribution in [-0.4, -0.2) is 60.5 Å². The van der Waals surface area contributed by atoms with Gasteiger partial charge in [-0.05, 0) is 6.54 Å². The third kappa shape index (κ3) is 3.75. The molecule has 0 spiro atoms. The van der Waals surface area contributed by atoms with Crippen molar-refractivity contribution in [1.29, 1.82) is 0 Å². The van der Waals surface area contributed by atoms with E-state index in [4.69, 9.17) is 0 Å². The SMILES string of the molecule is CCN(Cc1csc(CC(=O)N(C)C)n1)C1CNC1. The second-order valence-electron chi connectivity index (χ2n) is 5.07. The maximum Gasteiger partial charge on any atom is 0.228 e. The van der Waals surface area contributed by atoms with Crippen LogP contribution in [-0.2, 0) is 17.8 Å². The highest BCUT2D eigenvalue weighted by molar-refractivity contribution is 7.09. The number of carbonyl (C=O) groups is 1. The quantitative estimate of drug-likeness (QED) is 0.828. The number of thiazole rings is 1. The van der Waals surface area contributed by atoms with E-state index in [1.165, 1.54) is 0 Å². The monoisotopic (exact) mass is 282 g/mol. The Morgan fingerprint density at radius 3 is 2.79 bits per heavy atom. The summed E-state index contributed by atoms with van der Waals surface area (Å²) < 4.78 is 0. The van der Waals surface area contributed by atoms with Crippen LogP contribution in [0, 0.1) is 0 Å². The first kappa shape index (κ1) is 14.4. The van der Waals surface area contributed by atoms with E-state index in [0.29, 0.717) is 12.5 Å². The highest BCUT2D eigenvalue weighted by Gasteiger charge is 2.23. The molecule has 1 aliphatic heterocycles. The molecule has 1 aromatic heterocycles. The van der Waals surface area contributed by atoms with Gasteiger partial charge in [-0.2, -0.15) is 0 Å². The van der Waals surface area contributed by atoms with Gasteiger partial charge in [-0.15, -0.1) is 11.3 Å². The fourth-order valence-electron chi connectivity index (χ4n) is 2.03. The van der Waals surface area contributed by atoms with Crippen LogP contribution in [0.4, 0.5) is 0 Å². The van der Waals surface area contributed by atoms with Crippen molar-refractivity contribution in [2.75, 3.05) is 33.7 Å². The molecule has 1 aromatic rings. The van der Waals surface area contributed by atoms with Crippen molar-refractivity contribution in [3.8, 4) is 0 Å². The first-order chi connectivity index (χ1) is 9.10. The minimum absolute atomic E-state index is 0.108. The minimum atomic E-state index is 0.108. The van der Waals surface area contributed by atoms with Crippen LogP contribution < -0.4 is 5.32 Å². The molecule has 0 aliphatic carbocycles. The van der Waals surface area contributed by atoms with E-state index in [-0.39, 0.29) is 5.91 Å². The molecule has 6 heteroatoms. The van der Waals surface area contributed by atoms with E-state index in [1.807, 2.05) is 0 Å². The molecular formula is C13H22N4OS. The normalized spacial score (nSPS) is 15.6. The van der Waals surface area contributed by atoms with E-state index in [1.54, 1.807) is 30.3 Å². The molecule has 0 aromatic carbocycles. The number of hydrogen-bond donors (Lipinski definition) is 1. The Hall–Kier alpha value is -0.980. The van der Waals surface area contributed by atoms with Gasteiger partial charge < -0.3 is 10.2 Å². The molecule has 0 radical (unpaired) electrons. The van der Waals surface area contributed by atoms with Gasteiger partial charge in [-0.3, -0.25) is 9.69 Å². The Kier molecular flexibility index (Phi) is 4.90. The molecule has 2 heterocycles. The van der Waals surface area contributed by atoms with Crippen molar-refractivity contribution in [2.45, 2.75) is 25.9 Å². The predicted molar refractivity (Wildman–Crippen MR) is 77.3 cm³/mol. The lowest BCUT2D eigenvalue weighted by molar-refractivity contribution is -0.127. The molecule has 0 bridgehead atoms. The molecule has 0 atom stereocenters. The van der Waals surface area contributed by atoms with Crippen LogP contribution >= 0.6 is 11.3 Å². The summed E-state index contributed by atoms with van der Waals surface area (Å²) in [5.41, 5.74) is 1.08. The summed E-state index contributed by atoms with van der Waals surface area (Å²) in [5, 5.41) is 6.29. The lowest BCUT2D eigenvalue weighted by Gasteiger charge is -2.37. The van der Waals surface area contributed by atoms with E-state index < -0.39 is 0 Å². The summed E-state index contributed by atoms with van der Waals surface area (Å²) in [5.74, 6) is 0.108. The molecule has 1 aliphatic rings. The van der Waals surface area contributed by atoms with Gasteiger partial charge in [0.1, 0.15) is 5.01 Å². The topological polar surface area (TPSA) is 48.5 Å². The summed E-state index contributed by atoms with van der Waals surface area (Å²) in [6.07, 6.45) is 0.411. The lowest BCUT2D eigenvalue weighted by Crippen LogP contribution is -2.56. The van der Waals surface area contributed by atoms with E-state index in [2.05, 4.69) is 27.5 Å². The van der Waals surface area contributed by atoms with Gasteiger partial charge in [0.25, 0.3) is 0 Å². The van der Waals surface area contributed by atoms with Crippen molar-refractivity contribution in [3.63, 3.8) is 0 Å². The smallest absolute Gasteiger partial charge is 0.228 e. The van der Waals surface area contributed by atoms with Gasteiger partial charge >= 0.3 is 0 Å². The number of aromatic nitrogens is 1. The van der Waals surface area contributed by atoms with Crippen molar-refractivity contribution in [1.82, 2.24) is 20.1 Å². The molecule has 2 rings (SSSR count). The standard InChI is InChI=1S/C13H22N4OS/c1-4-17(11-6-14-7-11)8-10-9-19-12(15-10)5-13(18)16(2)3/h9,11,14H,4-8H2,1-3H3. The van der Waals surface area contributed by atoms with Gasteiger partial charge in [0, 0.05) is 45.2 Å². The van der Waals surface area contributed by atoms with Gasteiger partial charge in [0.05, 0.1) is 12.1 Å². The zero-order chi connectivity index (χ0) is 13.8. The molecule has 5 nitrogen and oxygen atoms in total. The Bertz CT molecular complexity index is 428. The zero-order valence-electron chi connectivity index (χ0n) is 11.8. The number of hydrogen-bond acceptors (Lipinski definition) is 5. The molecule has 1 N–H and O–H groups in total. The third-order valence-corrected chi connectivity index (χ3v) is 4.35. The van der Waals surface area contributed by atoms with Crippen LogP contribution in [0.3, 0.4) is 0 Å². The number of amides is 1. The number of nitrogens with one attached hydrogen (secondary N) is 1. The van der Waals surface area contributed by atoms with Gasteiger partial charge in [0.2, 0.25) is 5.91 Å². The Morgan fingerprint density at radius 1 is 1.53 bits per heavy atom. The average Bonchev–Trinajstić information content (AvgIpc) is 2.73. The molecule has 1 saturated heterocycles. The van der Waals surface area contributed by atoms with Gasteiger partial charge in [0.15, 0.2) is 0 Å². The minimum Gasteiger partial charge on any atom is -0.348 e. The third-order valence-electron chi connectivity index (χ3n) is 3.45. The van der Waals surface area contributed by atoms with E-state index in [0.717, 1.165) is 36.9 Å². The second-order valence-corrected chi connectivity index (χ2v) is 6.02. The van der Waals surface area contributed by atoms with Crippen molar-refractivity contribution < 1.29 is 4.79 Å². The molecule has 1 amide bonds. The largest absolute Gasteiger partial charge is 0.348 e. The van der Waals surface area contributed by atoms with Crippen LogP contribution in [0.25, 0.3) is 0 Å². The zero-order valence-corrected chi connectivity index (χ0v) is 12.7. The second kappa shape index (κ2) is 6.45. The fourth-order valence-corrected chi connectivity index (χ4v) is 2.81. The summed E-state index contributed by atoms with van der Waals surface area (Å²) >= 11 is 1.58. The number of nitrogens with zero attached hydrogens (tertiary/aromatic N) is 3. The van der Waals surface area contributed by atoms with Gasteiger partial charge in [-0.1, -0.05) is 6.92 Å². The van der Waals surface area contributed by atoms with Crippen LogP contribution in [0.2, 0.25) is 0 Å². The van der Waals surface area contributed by atoms with E-state index >= 15 is 0 Å². The van der Waals surface area contributed by atoms with Crippen LogP contribution in [0.1, 0.15) is 17.6 Å². The highest BCUT2D eigenvalue weighted by atomic mass is 32.1. The number of likely N-dealkylation sites (N-methyl/N-ethyl adjacent to an activating group) is 2. The number of carbonyl (C=O) groups excluding carboxylic acids is 1. The van der Waals surface area contributed by atoms with E-state index in [9.17, 15) is 4.79 Å². The highest BCUT2D eigenvalue weighted by Crippen LogP contribution is 2.15. The van der Waals surface area contributed by atoms with Crippen LogP contribution in [0.15, 0.2) is 5.38 Å².